The Bertz CT molecular complexity index is 644. The Labute approximate surface area is 137 Å². The van der Waals surface area contributed by atoms with Gasteiger partial charge in [0.05, 0.1) is 18.9 Å². The van der Waals surface area contributed by atoms with Gasteiger partial charge in [-0.1, -0.05) is 44.2 Å². The predicted molar refractivity (Wildman–Crippen MR) is 91.5 cm³/mol. The Hall–Kier alpha value is -2.14. The van der Waals surface area contributed by atoms with Crippen molar-refractivity contribution in [3.63, 3.8) is 0 Å². The number of nitrogens with zero attached hydrogens (tertiary/aromatic N) is 3. The molecule has 0 saturated carbocycles. The van der Waals surface area contributed by atoms with Crippen LogP contribution in [0.15, 0.2) is 30.3 Å². The molecule has 5 heteroatoms. The molecule has 0 radical (unpaired) electrons. The largest absolute Gasteiger partial charge is 0.378 e. The van der Waals surface area contributed by atoms with Crippen LogP contribution in [-0.4, -0.2) is 46.9 Å². The summed E-state index contributed by atoms with van der Waals surface area (Å²) in [7, 11) is 1.83. The minimum Gasteiger partial charge on any atom is -0.378 e. The molecule has 2 aromatic rings. The molecule has 3 rings (SSSR count). The SMILES string of the molecule is CC.Cc1c(-c2ccccc2)nn(C)c1C(=O)N1CCOCC1. The minimum absolute atomic E-state index is 0.0352. The number of carbonyl (C=O) groups is 1. The highest BCUT2D eigenvalue weighted by Gasteiger charge is 2.25. The third-order valence-corrected chi connectivity index (χ3v) is 3.83. The number of rotatable bonds is 2. The van der Waals surface area contributed by atoms with Crippen molar-refractivity contribution in [1.82, 2.24) is 14.7 Å². The normalized spacial score (nSPS) is 14.2. The molecule has 0 spiro atoms. The molecule has 23 heavy (non-hydrogen) atoms. The molecule has 1 aliphatic heterocycles. The zero-order valence-corrected chi connectivity index (χ0v) is 14.4. The van der Waals surface area contributed by atoms with Crippen molar-refractivity contribution in [3.05, 3.63) is 41.6 Å². The average Bonchev–Trinajstić information content (AvgIpc) is 2.92. The van der Waals surface area contributed by atoms with Crippen LogP contribution in [0.25, 0.3) is 11.3 Å². The fourth-order valence-corrected chi connectivity index (χ4v) is 2.72. The third kappa shape index (κ3) is 3.62. The number of benzene rings is 1. The zero-order chi connectivity index (χ0) is 16.8. The summed E-state index contributed by atoms with van der Waals surface area (Å²) in [5.41, 5.74) is 3.50. The lowest BCUT2D eigenvalue weighted by atomic mass is 10.1. The molecule has 1 fully saturated rings. The van der Waals surface area contributed by atoms with E-state index in [-0.39, 0.29) is 5.91 Å². The number of aryl methyl sites for hydroxylation is 1. The van der Waals surface area contributed by atoms with E-state index in [0.29, 0.717) is 32.0 Å². The third-order valence-electron chi connectivity index (χ3n) is 3.83. The fourth-order valence-electron chi connectivity index (χ4n) is 2.72. The highest BCUT2D eigenvalue weighted by atomic mass is 16.5. The van der Waals surface area contributed by atoms with Gasteiger partial charge < -0.3 is 9.64 Å². The lowest BCUT2D eigenvalue weighted by Gasteiger charge is -2.27. The highest BCUT2D eigenvalue weighted by Crippen LogP contribution is 2.25. The molecule has 0 N–H and O–H groups in total. The van der Waals surface area contributed by atoms with Crippen LogP contribution >= 0.6 is 0 Å². The van der Waals surface area contributed by atoms with Gasteiger partial charge in [-0.05, 0) is 6.92 Å². The first-order valence-electron chi connectivity index (χ1n) is 8.14. The molecular formula is C18H25N3O2. The Kier molecular flexibility index (Phi) is 5.93. The first-order valence-corrected chi connectivity index (χ1v) is 8.14. The summed E-state index contributed by atoms with van der Waals surface area (Å²) in [5, 5.41) is 4.53. The van der Waals surface area contributed by atoms with E-state index in [0.717, 1.165) is 16.8 Å². The summed E-state index contributed by atoms with van der Waals surface area (Å²) in [5.74, 6) is 0.0352. The number of hydrogen-bond acceptors (Lipinski definition) is 3. The number of aromatic nitrogens is 2. The summed E-state index contributed by atoms with van der Waals surface area (Å²) in [6.45, 7) is 8.46. The highest BCUT2D eigenvalue weighted by molar-refractivity contribution is 5.95. The standard InChI is InChI=1S/C16H19N3O2.C2H6/c1-12-14(13-6-4-3-5-7-13)17-18(2)15(12)16(20)19-8-10-21-11-9-19;1-2/h3-7H,8-11H2,1-2H3;1-2H3. The van der Waals surface area contributed by atoms with Gasteiger partial charge in [-0.15, -0.1) is 0 Å². The van der Waals surface area contributed by atoms with Crippen LogP contribution in [0.4, 0.5) is 0 Å². The van der Waals surface area contributed by atoms with Gasteiger partial charge in [0.2, 0.25) is 0 Å². The van der Waals surface area contributed by atoms with Gasteiger partial charge in [-0.25, -0.2) is 0 Å². The smallest absolute Gasteiger partial charge is 0.272 e. The summed E-state index contributed by atoms with van der Waals surface area (Å²) < 4.78 is 6.99. The van der Waals surface area contributed by atoms with E-state index in [9.17, 15) is 4.79 Å². The molecule has 0 bridgehead atoms. The molecule has 0 aliphatic carbocycles. The lowest BCUT2D eigenvalue weighted by molar-refractivity contribution is 0.0295. The molecule has 1 aliphatic rings. The lowest BCUT2D eigenvalue weighted by Crippen LogP contribution is -2.41. The van der Waals surface area contributed by atoms with Gasteiger partial charge in [0.1, 0.15) is 5.69 Å². The number of carbonyl (C=O) groups excluding carboxylic acids is 1. The maximum absolute atomic E-state index is 12.7. The molecule has 0 unspecified atom stereocenters. The van der Waals surface area contributed by atoms with Crippen LogP contribution in [0.2, 0.25) is 0 Å². The number of hydrogen-bond donors (Lipinski definition) is 0. The molecule has 0 atom stereocenters. The maximum atomic E-state index is 12.7. The van der Waals surface area contributed by atoms with E-state index in [4.69, 9.17) is 4.74 Å². The Morgan fingerprint density at radius 1 is 1.13 bits per heavy atom. The zero-order valence-electron chi connectivity index (χ0n) is 14.4. The summed E-state index contributed by atoms with van der Waals surface area (Å²) in [4.78, 5) is 14.5. The monoisotopic (exact) mass is 315 g/mol. The molecule has 5 nitrogen and oxygen atoms in total. The summed E-state index contributed by atoms with van der Waals surface area (Å²) in [6, 6.07) is 9.96. The van der Waals surface area contributed by atoms with Crippen molar-refractivity contribution >= 4 is 5.91 Å². The molecular weight excluding hydrogens is 290 g/mol. The van der Waals surface area contributed by atoms with Crippen molar-refractivity contribution < 1.29 is 9.53 Å². The van der Waals surface area contributed by atoms with Crippen molar-refractivity contribution in [2.24, 2.45) is 7.05 Å². The summed E-state index contributed by atoms with van der Waals surface area (Å²) in [6.07, 6.45) is 0. The van der Waals surface area contributed by atoms with E-state index >= 15 is 0 Å². The molecule has 124 valence electrons. The predicted octanol–water partition coefficient (Wildman–Crippen LogP) is 2.89. The van der Waals surface area contributed by atoms with E-state index in [2.05, 4.69) is 5.10 Å². The van der Waals surface area contributed by atoms with E-state index in [1.54, 1.807) is 4.68 Å². The molecule has 1 amide bonds. The second-order valence-corrected chi connectivity index (χ2v) is 5.22. The second-order valence-electron chi connectivity index (χ2n) is 5.22. The minimum atomic E-state index is 0.0352. The molecule has 1 saturated heterocycles. The molecule has 2 heterocycles. The average molecular weight is 315 g/mol. The number of morpholine rings is 1. The van der Waals surface area contributed by atoms with E-state index < -0.39 is 0 Å². The Balaban J connectivity index is 0.000000924. The van der Waals surface area contributed by atoms with Crippen molar-refractivity contribution in [1.29, 1.82) is 0 Å². The van der Waals surface area contributed by atoms with Crippen LogP contribution in [-0.2, 0) is 11.8 Å². The number of ether oxygens (including phenoxy) is 1. The van der Waals surface area contributed by atoms with Crippen LogP contribution in [0.5, 0.6) is 0 Å². The van der Waals surface area contributed by atoms with Gasteiger partial charge in [0.25, 0.3) is 5.91 Å². The van der Waals surface area contributed by atoms with Gasteiger partial charge in [0.15, 0.2) is 0 Å². The van der Waals surface area contributed by atoms with Gasteiger partial charge in [-0.2, -0.15) is 5.10 Å². The topological polar surface area (TPSA) is 47.4 Å². The van der Waals surface area contributed by atoms with Crippen molar-refractivity contribution in [3.8, 4) is 11.3 Å². The van der Waals surface area contributed by atoms with Crippen LogP contribution in [0.1, 0.15) is 29.9 Å². The van der Waals surface area contributed by atoms with Gasteiger partial charge in [-0.3, -0.25) is 9.48 Å². The van der Waals surface area contributed by atoms with Crippen molar-refractivity contribution in [2.45, 2.75) is 20.8 Å². The first-order chi connectivity index (χ1) is 11.2. The fraction of sp³-hybridized carbons (Fsp3) is 0.444. The molecule has 1 aromatic heterocycles. The Morgan fingerprint density at radius 3 is 2.35 bits per heavy atom. The van der Waals surface area contributed by atoms with Crippen LogP contribution < -0.4 is 0 Å². The van der Waals surface area contributed by atoms with E-state index in [1.807, 2.05) is 63.1 Å². The number of amides is 1. The van der Waals surface area contributed by atoms with Crippen LogP contribution in [0, 0.1) is 6.92 Å². The first kappa shape index (κ1) is 17.2. The van der Waals surface area contributed by atoms with Gasteiger partial charge in [0, 0.05) is 31.3 Å². The molecule has 1 aromatic carbocycles. The Morgan fingerprint density at radius 2 is 1.74 bits per heavy atom. The van der Waals surface area contributed by atoms with Crippen molar-refractivity contribution in [2.75, 3.05) is 26.3 Å². The second kappa shape index (κ2) is 7.92. The van der Waals surface area contributed by atoms with Gasteiger partial charge >= 0.3 is 0 Å². The van der Waals surface area contributed by atoms with E-state index in [1.165, 1.54) is 0 Å². The summed E-state index contributed by atoms with van der Waals surface area (Å²) >= 11 is 0. The maximum Gasteiger partial charge on any atom is 0.272 e. The quantitative estimate of drug-likeness (QED) is 0.856. The van der Waals surface area contributed by atoms with Crippen LogP contribution in [0.3, 0.4) is 0 Å².